The third kappa shape index (κ3) is 2.82. The monoisotopic (exact) mass is 248 g/mol. The molecule has 0 aliphatic carbocycles. The molecule has 1 aromatic rings. The fourth-order valence-electron chi connectivity index (χ4n) is 2.54. The number of hydrogen-bond donors (Lipinski definition) is 2. The highest BCUT2D eigenvalue weighted by Crippen LogP contribution is 2.29. The van der Waals surface area contributed by atoms with Gasteiger partial charge in [0.2, 0.25) is 0 Å². The summed E-state index contributed by atoms with van der Waals surface area (Å²) in [7, 11) is 0. The van der Waals surface area contributed by atoms with E-state index < -0.39 is 12.0 Å². The molecule has 0 amide bonds. The number of benzene rings is 1. The number of nitrogens with two attached hydrogens (primary N) is 1. The van der Waals surface area contributed by atoms with Crippen molar-refractivity contribution in [3.05, 3.63) is 29.8 Å². The molecule has 0 saturated heterocycles. The summed E-state index contributed by atoms with van der Waals surface area (Å²) in [5.74, 6) is -0.325. The summed E-state index contributed by atoms with van der Waals surface area (Å²) in [6.45, 7) is 3.90. The fraction of sp³-hybridized carbons (Fsp3) is 0.500. The Hall–Kier alpha value is -1.55. The maximum Gasteiger partial charge on any atom is 0.320 e. The minimum atomic E-state index is -0.923. The van der Waals surface area contributed by atoms with E-state index in [9.17, 15) is 4.79 Å². The van der Waals surface area contributed by atoms with E-state index in [2.05, 4.69) is 30.0 Å². The number of anilines is 1. The maximum absolute atomic E-state index is 10.7. The van der Waals surface area contributed by atoms with Gasteiger partial charge in [-0.2, -0.15) is 0 Å². The second-order valence-electron chi connectivity index (χ2n) is 5.12. The molecule has 1 aliphatic rings. The summed E-state index contributed by atoms with van der Waals surface area (Å²) in [4.78, 5) is 13.0. The second kappa shape index (κ2) is 5.40. The van der Waals surface area contributed by atoms with Crippen molar-refractivity contribution in [1.29, 1.82) is 0 Å². The molecule has 3 N–H and O–H groups in total. The Kier molecular flexibility index (Phi) is 3.87. The first-order valence-corrected chi connectivity index (χ1v) is 6.39. The van der Waals surface area contributed by atoms with Crippen LogP contribution in [0.1, 0.15) is 18.9 Å². The van der Waals surface area contributed by atoms with Gasteiger partial charge < -0.3 is 15.7 Å². The predicted octanol–water partition coefficient (Wildman–Crippen LogP) is 1.49. The molecule has 4 heteroatoms. The van der Waals surface area contributed by atoms with Crippen LogP contribution in [0.3, 0.4) is 0 Å². The Balaban J connectivity index is 2.07. The number of aliphatic carboxylic acids is 1. The first kappa shape index (κ1) is 12.9. The lowest BCUT2D eigenvalue weighted by atomic mass is 9.93. The zero-order valence-electron chi connectivity index (χ0n) is 10.7. The van der Waals surface area contributed by atoms with Crippen molar-refractivity contribution in [2.45, 2.75) is 25.8 Å². The molecule has 1 heterocycles. The van der Waals surface area contributed by atoms with Gasteiger partial charge in [0.25, 0.3) is 0 Å². The van der Waals surface area contributed by atoms with Gasteiger partial charge in [-0.05, 0) is 30.4 Å². The lowest BCUT2D eigenvalue weighted by molar-refractivity contribution is -0.138. The quantitative estimate of drug-likeness (QED) is 0.847. The van der Waals surface area contributed by atoms with Crippen molar-refractivity contribution in [2.24, 2.45) is 11.7 Å². The second-order valence-corrected chi connectivity index (χ2v) is 5.12. The highest BCUT2D eigenvalue weighted by atomic mass is 16.4. The van der Waals surface area contributed by atoms with Crippen molar-refractivity contribution >= 4 is 11.7 Å². The smallest absolute Gasteiger partial charge is 0.320 e. The van der Waals surface area contributed by atoms with Crippen LogP contribution in [0.2, 0.25) is 0 Å². The number of para-hydroxylation sites is 1. The molecule has 1 aliphatic heterocycles. The van der Waals surface area contributed by atoms with Gasteiger partial charge in [-0.1, -0.05) is 25.1 Å². The Morgan fingerprint density at radius 1 is 1.56 bits per heavy atom. The highest BCUT2D eigenvalue weighted by molar-refractivity contribution is 5.73. The van der Waals surface area contributed by atoms with Crippen molar-refractivity contribution < 1.29 is 9.90 Å². The molecule has 0 spiro atoms. The molecule has 0 saturated carbocycles. The summed E-state index contributed by atoms with van der Waals surface area (Å²) in [5.41, 5.74) is 8.14. The summed E-state index contributed by atoms with van der Waals surface area (Å²) in [6.07, 6.45) is 1.58. The van der Waals surface area contributed by atoms with E-state index in [1.165, 1.54) is 11.3 Å². The van der Waals surface area contributed by atoms with Crippen molar-refractivity contribution in [2.75, 3.05) is 18.0 Å². The number of carboxylic acids is 1. The Morgan fingerprint density at radius 3 is 3.00 bits per heavy atom. The van der Waals surface area contributed by atoms with E-state index in [4.69, 9.17) is 10.8 Å². The number of rotatable bonds is 4. The van der Waals surface area contributed by atoms with Crippen LogP contribution in [-0.4, -0.2) is 30.2 Å². The number of nitrogens with zero attached hydrogens (tertiary/aromatic N) is 1. The molecule has 0 fully saturated rings. The van der Waals surface area contributed by atoms with Gasteiger partial charge in [0.05, 0.1) is 0 Å². The van der Waals surface area contributed by atoms with Crippen LogP contribution in [0.5, 0.6) is 0 Å². The van der Waals surface area contributed by atoms with Gasteiger partial charge >= 0.3 is 5.97 Å². The molecule has 18 heavy (non-hydrogen) atoms. The van der Waals surface area contributed by atoms with E-state index in [-0.39, 0.29) is 0 Å². The average molecular weight is 248 g/mol. The van der Waals surface area contributed by atoms with E-state index in [1.54, 1.807) is 0 Å². The molecule has 0 bridgehead atoms. The first-order chi connectivity index (χ1) is 8.58. The summed E-state index contributed by atoms with van der Waals surface area (Å²) in [5, 5.41) is 8.82. The van der Waals surface area contributed by atoms with E-state index >= 15 is 0 Å². The van der Waals surface area contributed by atoms with Crippen LogP contribution in [0.15, 0.2) is 24.3 Å². The third-order valence-electron chi connectivity index (χ3n) is 3.46. The zero-order valence-corrected chi connectivity index (χ0v) is 10.7. The van der Waals surface area contributed by atoms with Crippen molar-refractivity contribution in [3.8, 4) is 0 Å². The largest absolute Gasteiger partial charge is 0.480 e. The molecule has 2 rings (SSSR count). The van der Waals surface area contributed by atoms with Crippen LogP contribution >= 0.6 is 0 Å². The molecule has 0 aromatic heterocycles. The lowest BCUT2D eigenvalue weighted by Gasteiger charge is -2.35. The van der Waals surface area contributed by atoms with Crippen molar-refractivity contribution in [3.63, 3.8) is 0 Å². The first-order valence-electron chi connectivity index (χ1n) is 6.39. The maximum atomic E-state index is 10.7. The average Bonchev–Trinajstić information content (AvgIpc) is 2.35. The molecule has 2 atom stereocenters. The van der Waals surface area contributed by atoms with E-state index in [0.29, 0.717) is 18.9 Å². The van der Waals surface area contributed by atoms with Gasteiger partial charge in [-0.3, -0.25) is 4.79 Å². The van der Waals surface area contributed by atoms with Crippen LogP contribution in [0, 0.1) is 5.92 Å². The number of carbonyl (C=O) groups is 1. The standard InChI is InChI=1S/C14H20N2O2/c1-10-8-11-4-2-3-5-13(11)16(9-10)7-6-12(15)14(17)18/h2-5,10,12H,6-9,15H2,1H3,(H,17,18). The van der Waals surface area contributed by atoms with Gasteiger partial charge in [-0.15, -0.1) is 0 Å². The van der Waals surface area contributed by atoms with Crippen LogP contribution in [0.25, 0.3) is 0 Å². The predicted molar refractivity (Wildman–Crippen MR) is 71.8 cm³/mol. The lowest BCUT2D eigenvalue weighted by Crippen LogP contribution is -2.39. The zero-order chi connectivity index (χ0) is 13.1. The molecular formula is C14H20N2O2. The third-order valence-corrected chi connectivity index (χ3v) is 3.46. The van der Waals surface area contributed by atoms with E-state index in [0.717, 1.165) is 13.0 Å². The Morgan fingerprint density at radius 2 is 2.28 bits per heavy atom. The minimum Gasteiger partial charge on any atom is -0.480 e. The van der Waals surface area contributed by atoms with Crippen LogP contribution in [-0.2, 0) is 11.2 Å². The summed E-state index contributed by atoms with van der Waals surface area (Å²) in [6, 6.07) is 7.56. The summed E-state index contributed by atoms with van der Waals surface area (Å²) >= 11 is 0. The summed E-state index contributed by atoms with van der Waals surface area (Å²) < 4.78 is 0. The van der Waals surface area contributed by atoms with Crippen molar-refractivity contribution in [1.82, 2.24) is 0 Å². The minimum absolute atomic E-state index is 0.483. The highest BCUT2D eigenvalue weighted by Gasteiger charge is 2.22. The Bertz CT molecular complexity index is 434. The topological polar surface area (TPSA) is 66.6 Å². The normalized spacial score (nSPS) is 20.3. The van der Waals surface area contributed by atoms with Gasteiger partial charge in [0.15, 0.2) is 0 Å². The van der Waals surface area contributed by atoms with Gasteiger partial charge in [-0.25, -0.2) is 0 Å². The molecule has 0 radical (unpaired) electrons. The molecule has 4 nitrogen and oxygen atoms in total. The fourth-order valence-corrected chi connectivity index (χ4v) is 2.54. The number of hydrogen-bond acceptors (Lipinski definition) is 3. The molecule has 98 valence electrons. The van der Waals surface area contributed by atoms with Gasteiger partial charge in [0, 0.05) is 18.8 Å². The molecular weight excluding hydrogens is 228 g/mol. The molecule has 2 unspecified atom stereocenters. The Labute approximate surface area is 107 Å². The number of carboxylic acid groups (broad SMARTS) is 1. The molecule has 1 aromatic carbocycles. The van der Waals surface area contributed by atoms with Crippen LogP contribution < -0.4 is 10.6 Å². The number of fused-ring (bicyclic) bond motifs is 1. The SMILES string of the molecule is CC1Cc2ccccc2N(CCC(N)C(=O)O)C1. The van der Waals surface area contributed by atoms with E-state index in [1.807, 2.05) is 6.07 Å². The van der Waals surface area contributed by atoms with Crippen LogP contribution in [0.4, 0.5) is 5.69 Å². The van der Waals surface area contributed by atoms with Gasteiger partial charge in [0.1, 0.15) is 6.04 Å².